The van der Waals surface area contributed by atoms with Crippen LogP contribution in [0.4, 0.5) is 0 Å². The summed E-state index contributed by atoms with van der Waals surface area (Å²) < 4.78 is 0. The summed E-state index contributed by atoms with van der Waals surface area (Å²) in [7, 11) is 2.02. The van der Waals surface area contributed by atoms with Crippen molar-refractivity contribution in [2.24, 2.45) is 5.73 Å². The van der Waals surface area contributed by atoms with Crippen molar-refractivity contribution in [3.8, 4) is 0 Å². The molecule has 16 heavy (non-hydrogen) atoms. The molecular formula is C12H22N2OS. The Hall–Kier alpha value is -0.420. The van der Waals surface area contributed by atoms with Crippen LogP contribution < -0.4 is 5.73 Å². The molecule has 0 aromatic carbocycles. The maximum atomic E-state index is 9.21. The number of hydrogen-bond acceptors (Lipinski definition) is 4. The van der Waals surface area contributed by atoms with Gasteiger partial charge in [-0.3, -0.25) is 4.90 Å². The standard InChI is InChI=1S/C12H22N2OS/c1-8(7-15)14(4)12(10(3)13)11-6-5-9(2)16-11/h5-6,8,10,12,15H,7,13H2,1-4H3. The first-order valence-corrected chi connectivity index (χ1v) is 6.43. The van der Waals surface area contributed by atoms with Gasteiger partial charge in [-0.1, -0.05) is 0 Å². The van der Waals surface area contributed by atoms with Crippen molar-refractivity contribution in [2.75, 3.05) is 13.7 Å². The molecule has 4 heteroatoms. The highest BCUT2D eigenvalue weighted by molar-refractivity contribution is 7.12. The maximum Gasteiger partial charge on any atom is 0.0591 e. The van der Waals surface area contributed by atoms with Gasteiger partial charge in [-0.25, -0.2) is 0 Å². The van der Waals surface area contributed by atoms with Crippen molar-refractivity contribution in [3.63, 3.8) is 0 Å². The Labute approximate surface area is 102 Å². The van der Waals surface area contributed by atoms with Crippen LogP contribution in [-0.2, 0) is 0 Å². The summed E-state index contributed by atoms with van der Waals surface area (Å²) in [5.41, 5.74) is 6.05. The van der Waals surface area contributed by atoms with Gasteiger partial charge in [0.05, 0.1) is 12.6 Å². The molecule has 3 nitrogen and oxygen atoms in total. The lowest BCUT2D eigenvalue weighted by molar-refractivity contribution is 0.111. The van der Waals surface area contributed by atoms with E-state index in [0.717, 1.165) is 0 Å². The van der Waals surface area contributed by atoms with Crippen LogP contribution >= 0.6 is 11.3 Å². The Morgan fingerprint density at radius 3 is 2.44 bits per heavy atom. The molecule has 1 heterocycles. The molecule has 1 aromatic heterocycles. The van der Waals surface area contributed by atoms with E-state index < -0.39 is 0 Å². The molecule has 92 valence electrons. The number of likely N-dealkylation sites (N-methyl/N-ethyl adjacent to an activating group) is 1. The predicted molar refractivity (Wildman–Crippen MR) is 69.8 cm³/mol. The van der Waals surface area contributed by atoms with E-state index in [-0.39, 0.29) is 24.7 Å². The molecule has 0 fully saturated rings. The molecule has 3 unspecified atom stereocenters. The topological polar surface area (TPSA) is 49.5 Å². The van der Waals surface area contributed by atoms with Gasteiger partial charge in [0.25, 0.3) is 0 Å². The number of aryl methyl sites for hydroxylation is 1. The second-order valence-electron chi connectivity index (χ2n) is 4.45. The first-order valence-electron chi connectivity index (χ1n) is 5.62. The summed E-state index contributed by atoms with van der Waals surface area (Å²) in [5.74, 6) is 0. The van der Waals surface area contributed by atoms with Crippen LogP contribution in [0.15, 0.2) is 12.1 Å². The predicted octanol–water partition coefficient (Wildman–Crippen LogP) is 1.76. The van der Waals surface area contributed by atoms with Crippen LogP contribution in [-0.4, -0.2) is 35.7 Å². The van der Waals surface area contributed by atoms with E-state index in [0.29, 0.717) is 0 Å². The minimum atomic E-state index is 0.0528. The van der Waals surface area contributed by atoms with Gasteiger partial charge >= 0.3 is 0 Å². The minimum absolute atomic E-state index is 0.0528. The fourth-order valence-electron chi connectivity index (χ4n) is 1.85. The molecule has 0 spiro atoms. The molecule has 1 rings (SSSR count). The lowest BCUT2D eigenvalue weighted by Gasteiger charge is -2.34. The maximum absolute atomic E-state index is 9.21. The SMILES string of the molecule is Cc1ccc(C(C(C)N)N(C)C(C)CO)s1. The molecule has 0 aliphatic heterocycles. The average Bonchev–Trinajstić information content (AvgIpc) is 2.63. The number of nitrogens with two attached hydrogens (primary N) is 1. The Bertz CT molecular complexity index is 325. The quantitative estimate of drug-likeness (QED) is 0.827. The normalized spacial score (nSPS) is 17.4. The number of hydrogen-bond donors (Lipinski definition) is 2. The van der Waals surface area contributed by atoms with Crippen molar-refractivity contribution in [2.45, 2.75) is 38.9 Å². The molecule has 0 amide bonds. The average molecular weight is 242 g/mol. The Balaban J connectivity index is 2.91. The van der Waals surface area contributed by atoms with Crippen LogP contribution in [0.5, 0.6) is 0 Å². The van der Waals surface area contributed by atoms with Crippen LogP contribution in [0, 0.1) is 6.92 Å². The Morgan fingerprint density at radius 1 is 1.44 bits per heavy atom. The van der Waals surface area contributed by atoms with Gasteiger partial charge in [-0.05, 0) is 40.0 Å². The molecule has 0 saturated carbocycles. The van der Waals surface area contributed by atoms with Gasteiger partial charge in [0, 0.05) is 21.8 Å². The van der Waals surface area contributed by atoms with Gasteiger partial charge in [0.2, 0.25) is 0 Å². The van der Waals surface area contributed by atoms with Crippen molar-refractivity contribution in [1.82, 2.24) is 4.90 Å². The van der Waals surface area contributed by atoms with E-state index in [1.807, 2.05) is 20.9 Å². The van der Waals surface area contributed by atoms with Crippen LogP contribution in [0.2, 0.25) is 0 Å². The second-order valence-corrected chi connectivity index (χ2v) is 5.77. The first-order chi connectivity index (χ1) is 7.47. The third kappa shape index (κ3) is 3.04. The van der Waals surface area contributed by atoms with Gasteiger partial charge in [0.1, 0.15) is 0 Å². The fourth-order valence-corrected chi connectivity index (χ4v) is 2.99. The van der Waals surface area contributed by atoms with E-state index in [1.54, 1.807) is 11.3 Å². The third-order valence-electron chi connectivity index (χ3n) is 2.95. The summed E-state index contributed by atoms with van der Waals surface area (Å²) in [6.07, 6.45) is 0. The number of rotatable bonds is 5. The summed E-state index contributed by atoms with van der Waals surface area (Å²) in [4.78, 5) is 4.72. The van der Waals surface area contributed by atoms with Crippen LogP contribution in [0.1, 0.15) is 29.6 Å². The summed E-state index contributed by atoms with van der Waals surface area (Å²) >= 11 is 1.78. The molecule has 3 N–H and O–H groups in total. The molecule has 3 atom stereocenters. The lowest BCUT2D eigenvalue weighted by atomic mass is 10.1. The van der Waals surface area contributed by atoms with Crippen molar-refractivity contribution in [1.29, 1.82) is 0 Å². The summed E-state index contributed by atoms with van der Waals surface area (Å²) in [6.45, 7) is 6.28. The number of nitrogens with zero attached hydrogens (tertiary/aromatic N) is 1. The van der Waals surface area contributed by atoms with Gasteiger partial charge < -0.3 is 10.8 Å². The van der Waals surface area contributed by atoms with E-state index >= 15 is 0 Å². The summed E-state index contributed by atoms with van der Waals surface area (Å²) in [5, 5.41) is 9.21. The van der Waals surface area contributed by atoms with Gasteiger partial charge in [0.15, 0.2) is 0 Å². The highest BCUT2D eigenvalue weighted by Gasteiger charge is 2.25. The van der Waals surface area contributed by atoms with E-state index in [2.05, 4.69) is 24.0 Å². The number of aliphatic hydroxyl groups excluding tert-OH is 1. The van der Waals surface area contributed by atoms with E-state index in [1.165, 1.54) is 9.75 Å². The fraction of sp³-hybridized carbons (Fsp3) is 0.667. The van der Waals surface area contributed by atoms with Gasteiger partial charge in [-0.2, -0.15) is 0 Å². The second kappa shape index (κ2) is 5.77. The van der Waals surface area contributed by atoms with Crippen LogP contribution in [0.3, 0.4) is 0 Å². The molecule has 0 aliphatic carbocycles. The molecule has 0 aliphatic rings. The van der Waals surface area contributed by atoms with E-state index in [4.69, 9.17) is 5.73 Å². The minimum Gasteiger partial charge on any atom is -0.395 e. The molecule has 0 radical (unpaired) electrons. The van der Waals surface area contributed by atoms with Crippen LogP contribution in [0.25, 0.3) is 0 Å². The first kappa shape index (κ1) is 13.6. The molecule has 1 aromatic rings. The van der Waals surface area contributed by atoms with Crippen molar-refractivity contribution < 1.29 is 5.11 Å². The molecular weight excluding hydrogens is 220 g/mol. The van der Waals surface area contributed by atoms with Gasteiger partial charge in [-0.15, -0.1) is 11.3 Å². The van der Waals surface area contributed by atoms with Crippen molar-refractivity contribution >= 4 is 11.3 Å². The lowest BCUT2D eigenvalue weighted by Crippen LogP contribution is -2.42. The highest BCUT2D eigenvalue weighted by Crippen LogP contribution is 2.29. The van der Waals surface area contributed by atoms with Crippen molar-refractivity contribution in [3.05, 3.63) is 21.9 Å². The zero-order valence-electron chi connectivity index (χ0n) is 10.5. The highest BCUT2D eigenvalue weighted by atomic mass is 32.1. The molecule has 0 saturated heterocycles. The summed E-state index contributed by atoms with van der Waals surface area (Å²) in [6, 6.07) is 4.61. The molecule has 0 bridgehead atoms. The largest absolute Gasteiger partial charge is 0.395 e. The monoisotopic (exact) mass is 242 g/mol. The Morgan fingerprint density at radius 2 is 2.06 bits per heavy atom. The smallest absolute Gasteiger partial charge is 0.0591 e. The Kier molecular flexibility index (Phi) is 4.92. The number of aliphatic hydroxyl groups is 1. The zero-order chi connectivity index (χ0) is 12.3. The third-order valence-corrected chi connectivity index (χ3v) is 4.02. The van der Waals surface area contributed by atoms with E-state index in [9.17, 15) is 5.11 Å². The zero-order valence-corrected chi connectivity index (χ0v) is 11.3. The number of thiophene rings is 1.